The zero-order valence-electron chi connectivity index (χ0n) is 15.0. The molecule has 1 aromatic rings. The predicted molar refractivity (Wildman–Crippen MR) is 84.3 cm³/mol. The van der Waals surface area contributed by atoms with Crippen LogP contribution in [0.2, 0.25) is 0 Å². The van der Waals surface area contributed by atoms with E-state index in [4.69, 9.17) is 9.47 Å². The maximum absolute atomic E-state index is 13.2. The van der Waals surface area contributed by atoms with Crippen molar-refractivity contribution in [1.29, 1.82) is 0 Å². The molecule has 1 aromatic heterocycles. The van der Waals surface area contributed by atoms with E-state index in [0.29, 0.717) is 6.26 Å². The number of aromatic nitrogens is 2. The molecule has 0 aliphatic rings. The highest BCUT2D eigenvalue weighted by atomic mass is 32.2. The number of hydrogen-bond donors (Lipinski definition) is 0. The Morgan fingerprint density at radius 1 is 1.19 bits per heavy atom. The standard InChI is InChI=1S/C14H21F3N2O6S/c1-12(2,3)25-11(20)19-7-6-10(18-19)23-8-13(4,14(15,16)17)9-24-26(5,21)22/h6-7H,8-9H2,1-5H3. The minimum absolute atomic E-state index is 0.259. The molecule has 1 unspecified atom stereocenters. The van der Waals surface area contributed by atoms with Crippen LogP contribution in [0.1, 0.15) is 27.7 Å². The average Bonchev–Trinajstić information content (AvgIpc) is 2.88. The van der Waals surface area contributed by atoms with Gasteiger partial charge in [0.1, 0.15) is 17.6 Å². The Labute approximate surface area is 149 Å². The molecule has 0 saturated heterocycles. The molecule has 8 nitrogen and oxygen atoms in total. The van der Waals surface area contributed by atoms with Crippen molar-refractivity contribution in [2.45, 2.75) is 39.5 Å². The molecule has 0 bridgehead atoms. The van der Waals surface area contributed by atoms with Crippen molar-refractivity contribution < 1.29 is 40.0 Å². The van der Waals surface area contributed by atoms with Crippen LogP contribution < -0.4 is 4.74 Å². The summed E-state index contributed by atoms with van der Waals surface area (Å²) in [6, 6.07) is 1.18. The van der Waals surface area contributed by atoms with E-state index < -0.39 is 46.6 Å². The van der Waals surface area contributed by atoms with E-state index in [1.807, 2.05) is 0 Å². The van der Waals surface area contributed by atoms with Crippen LogP contribution in [0.15, 0.2) is 12.3 Å². The fraction of sp³-hybridized carbons (Fsp3) is 0.714. The third-order valence-corrected chi connectivity index (χ3v) is 3.51. The maximum atomic E-state index is 13.2. The van der Waals surface area contributed by atoms with Gasteiger partial charge >= 0.3 is 12.3 Å². The van der Waals surface area contributed by atoms with Crippen LogP contribution in [0.5, 0.6) is 5.88 Å². The summed E-state index contributed by atoms with van der Waals surface area (Å²) in [5.74, 6) is -0.259. The molecule has 0 spiro atoms. The van der Waals surface area contributed by atoms with Crippen molar-refractivity contribution in [3.05, 3.63) is 12.3 Å². The van der Waals surface area contributed by atoms with Gasteiger partial charge < -0.3 is 9.47 Å². The molecule has 26 heavy (non-hydrogen) atoms. The quantitative estimate of drug-likeness (QED) is 0.675. The van der Waals surface area contributed by atoms with Crippen molar-refractivity contribution in [3.63, 3.8) is 0 Å². The lowest BCUT2D eigenvalue weighted by atomic mass is 9.92. The van der Waals surface area contributed by atoms with Crippen LogP contribution in [0.3, 0.4) is 0 Å². The minimum Gasteiger partial charge on any atom is -0.476 e. The molecule has 1 atom stereocenters. The monoisotopic (exact) mass is 402 g/mol. The van der Waals surface area contributed by atoms with Crippen molar-refractivity contribution in [2.75, 3.05) is 19.5 Å². The van der Waals surface area contributed by atoms with E-state index in [2.05, 4.69) is 9.28 Å². The highest BCUT2D eigenvalue weighted by molar-refractivity contribution is 7.85. The molecule has 1 heterocycles. The number of carbonyl (C=O) groups is 1. The van der Waals surface area contributed by atoms with Gasteiger partial charge in [0.2, 0.25) is 5.88 Å². The minimum atomic E-state index is -4.80. The van der Waals surface area contributed by atoms with E-state index in [-0.39, 0.29) is 5.88 Å². The topological polar surface area (TPSA) is 96.7 Å². The van der Waals surface area contributed by atoms with Crippen molar-refractivity contribution in [1.82, 2.24) is 9.78 Å². The summed E-state index contributed by atoms with van der Waals surface area (Å²) in [4.78, 5) is 11.8. The predicted octanol–water partition coefficient (Wildman–Crippen LogP) is 2.59. The number of hydrogen-bond acceptors (Lipinski definition) is 7. The molecule has 12 heteroatoms. The summed E-state index contributed by atoms with van der Waals surface area (Å²) in [5, 5.41) is 3.68. The molecule has 0 aliphatic heterocycles. The first kappa shape index (κ1) is 22.2. The van der Waals surface area contributed by atoms with Gasteiger partial charge in [-0.1, -0.05) is 0 Å². The number of alkyl halides is 3. The molecule has 0 amide bonds. The Bertz CT molecular complexity index is 739. The molecular weight excluding hydrogens is 381 g/mol. The van der Waals surface area contributed by atoms with Gasteiger partial charge in [0, 0.05) is 12.3 Å². The molecule has 0 saturated carbocycles. The third kappa shape index (κ3) is 6.83. The van der Waals surface area contributed by atoms with Crippen LogP contribution in [-0.2, 0) is 19.0 Å². The molecule has 0 fully saturated rings. The Morgan fingerprint density at radius 3 is 2.23 bits per heavy atom. The smallest absolute Gasteiger partial charge is 0.435 e. The fourth-order valence-corrected chi connectivity index (χ4v) is 1.94. The number of nitrogens with zero attached hydrogens (tertiary/aromatic N) is 2. The summed E-state index contributed by atoms with van der Waals surface area (Å²) < 4.78 is 76.8. The summed E-state index contributed by atoms with van der Waals surface area (Å²) >= 11 is 0. The van der Waals surface area contributed by atoms with Gasteiger partial charge in [-0.3, -0.25) is 4.18 Å². The molecule has 150 valence electrons. The average molecular weight is 402 g/mol. The number of rotatable bonds is 6. The first-order valence-corrected chi connectivity index (χ1v) is 9.17. The second-order valence-electron chi connectivity index (χ2n) is 6.89. The Hall–Kier alpha value is -1.82. The van der Waals surface area contributed by atoms with E-state index in [9.17, 15) is 26.4 Å². The summed E-state index contributed by atoms with van der Waals surface area (Å²) in [5.41, 5.74) is -3.38. The number of ether oxygens (including phenoxy) is 2. The summed E-state index contributed by atoms with van der Waals surface area (Å²) in [7, 11) is -4.06. The van der Waals surface area contributed by atoms with Gasteiger partial charge in [0.25, 0.3) is 10.1 Å². The van der Waals surface area contributed by atoms with Crippen LogP contribution >= 0.6 is 0 Å². The van der Waals surface area contributed by atoms with Crippen LogP contribution in [0.25, 0.3) is 0 Å². The summed E-state index contributed by atoms with van der Waals surface area (Å²) in [6.07, 6.45) is -3.81. The van der Waals surface area contributed by atoms with Gasteiger partial charge in [0.05, 0.1) is 12.9 Å². The summed E-state index contributed by atoms with van der Waals surface area (Å²) in [6.45, 7) is 3.57. The Morgan fingerprint density at radius 2 is 1.77 bits per heavy atom. The Kier molecular flexibility index (Phi) is 6.35. The zero-order valence-corrected chi connectivity index (χ0v) is 15.8. The molecule has 0 N–H and O–H groups in total. The molecule has 0 radical (unpaired) electrons. The highest BCUT2D eigenvalue weighted by Crippen LogP contribution is 2.39. The third-order valence-electron chi connectivity index (χ3n) is 2.96. The highest BCUT2D eigenvalue weighted by Gasteiger charge is 2.53. The zero-order chi connectivity index (χ0) is 20.4. The Balaban J connectivity index is 2.83. The van der Waals surface area contributed by atoms with Crippen molar-refractivity contribution >= 4 is 16.2 Å². The van der Waals surface area contributed by atoms with Crippen LogP contribution in [0, 0.1) is 5.41 Å². The fourth-order valence-electron chi connectivity index (χ4n) is 1.47. The lowest BCUT2D eigenvalue weighted by Crippen LogP contribution is -2.44. The van der Waals surface area contributed by atoms with E-state index in [0.717, 1.165) is 11.6 Å². The lowest BCUT2D eigenvalue weighted by Gasteiger charge is -2.30. The maximum Gasteiger partial charge on any atom is 0.435 e. The van der Waals surface area contributed by atoms with Crippen molar-refractivity contribution in [3.8, 4) is 5.88 Å². The van der Waals surface area contributed by atoms with Gasteiger partial charge in [0.15, 0.2) is 0 Å². The SMILES string of the molecule is CC(C)(C)OC(=O)n1ccc(OCC(C)(COS(C)(=O)=O)C(F)(F)F)n1. The second-order valence-corrected chi connectivity index (χ2v) is 8.54. The number of carbonyl (C=O) groups excluding carboxylic acids is 1. The van der Waals surface area contributed by atoms with Crippen molar-refractivity contribution in [2.24, 2.45) is 5.41 Å². The van der Waals surface area contributed by atoms with E-state index in [1.165, 1.54) is 12.3 Å². The van der Waals surface area contributed by atoms with Crippen LogP contribution in [-0.4, -0.2) is 55.5 Å². The normalized spacial score (nSPS) is 15.4. The molecular formula is C14H21F3N2O6S. The first-order chi connectivity index (χ1) is 11.5. The van der Waals surface area contributed by atoms with Crippen LogP contribution in [0.4, 0.5) is 18.0 Å². The number of halogens is 3. The van der Waals surface area contributed by atoms with Gasteiger partial charge in [-0.15, -0.1) is 5.10 Å². The lowest BCUT2D eigenvalue weighted by molar-refractivity contribution is -0.234. The first-order valence-electron chi connectivity index (χ1n) is 7.35. The van der Waals surface area contributed by atoms with Gasteiger partial charge in [-0.25, -0.2) is 4.79 Å². The molecule has 1 rings (SSSR count). The second kappa shape index (κ2) is 7.43. The molecule has 0 aliphatic carbocycles. The van der Waals surface area contributed by atoms with Gasteiger partial charge in [-0.2, -0.15) is 26.3 Å². The largest absolute Gasteiger partial charge is 0.476 e. The van der Waals surface area contributed by atoms with Gasteiger partial charge in [-0.05, 0) is 27.7 Å². The molecule has 0 aromatic carbocycles. The van der Waals surface area contributed by atoms with E-state index >= 15 is 0 Å². The van der Waals surface area contributed by atoms with E-state index in [1.54, 1.807) is 20.8 Å².